The maximum Gasteiger partial charge on any atom is 0.306 e. The molecule has 0 spiro atoms. The first-order valence-corrected chi connectivity index (χ1v) is 7.89. The molecule has 0 bridgehead atoms. The number of ketones is 1. The zero-order valence-corrected chi connectivity index (χ0v) is 13.7. The second-order valence-electron chi connectivity index (χ2n) is 5.09. The van der Waals surface area contributed by atoms with Crippen molar-refractivity contribution in [1.29, 1.82) is 0 Å². The number of rotatable bonds is 8. The van der Waals surface area contributed by atoms with E-state index in [0.717, 1.165) is 10.1 Å². The van der Waals surface area contributed by atoms with Crippen molar-refractivity contribution >= 4 is 33.2 Å². The molecule has 0 fully saturated rings. The summed E-state index contributed by atoms with van der Waals surface area (Å²) in [5, 5.41) is 18.6. The molecule has 23 heavy (non-hydrogen) atoms. The highest BCUT2D eigenvalue weighted by atomic mass is 32.1. The second kappa shape index (κ2) is 7.43. The third-order valence-corrected chi connectivity index (χ3v) is 4.48. The van der Waals surface area contributed by atoms with Gasteiger partial charge < -0.3 is 19.7 Å². The summed E-state index contributed by atoms with van der Waals surface area (Å²) in [5.41, 5.74) is 0. The second-order valence-corrected chi connectivity index (χ2v) is 6.17. The van der Waals surface area contributed by atoms with Gasteiger partial charge in [0.15, 0.2) is 17.3 Å². The van der Waals surface area contributed by atoms with Gasteiger partial charge in [0, 0.05) is 17.2 Å². The Hall–Kier alpha value is -2.12. The molecule has 0 aliphatic rings. The van der Waals surface area contributed by atoms with Crippen LogP contribution in [0.25, 0.3) is 10.1 Å². The van der Waals surface area contributed by atoms with E-state index in [-0.39, 0.29) is 25.4 Å². The highest BCUT2D eigenvalue weighted by molar-refractivity contribution is 7.20. The number of carbonyl (C=O) groups is 2. The van der Waals surface area contributed by atoms with E-state index in [1.807, 2.05) is 0 Å². The average Bonchev–Trinajstić information content (AvgIpc) is 2.94. The largest absolute Gasteiger partial charge is 0.493 e. The molecule has 0 unspecified atom stereocenters. The lowest BCUT2D eigenvalue weighted by Gasteiger charge is -2.09. The van der Waals surface area contributed by atoms with Crippen LogP contribution in [0, 0.1) is 5.92 Å². The van der Waals surface area contributed by atoms with Crippen LogP contribution in [-0.4, -0.2) is 42.3 Å². The molecule has 1 atom stereocenters. The fourth-order valence-corrected chi connectivity index (χ4v) is 3.10. The van der Waals surface area contributed by atoms with Gasteiger partial charge >= 0.3 is 5.97 Å². The number of carbonyl (C=O) groups excluding carboxylic acids is 1. The number of hydrogen-bond donors (Lipinski definition) is 2. The van der Waals surface area contributed by atoms with Gasteiger partial charge in [-0.3, -0.25) is 9.59 Å². The highest BCUT2D eigenvalue weighted by Crippen LogP contribution is 2.37. The summed E-state index contributed by atoms with van der Waals surface area (Å²) < 4.78 is 11.5. The molecule has 1 aromatic carbocycles. The Morgan fingerprint density at radius 1 is 1.26 bits per heavy atom. The van der Waals surface area contributed by atoms with Crippen LogP contribution in [0.4, 0.5) is 0 Å². The minimum absolute atomic E-state index is 0.0346. The first-order chi connectivity index (χ1) is 11.0. The zero-order valence-electron chi connectivity index (χ0n) is 12.9. The van der Waals surface area contributed by atoms with Crippen molar-refractivity contribution in [3.63, 3.8) is 0 Å². The number of thiophene rings is 1. The Bertz CT molecular complexity index is 721. The molecule has 7 heteroatoms. The average molecular weight is 338 g/mol. The molecular formula is C16H18O6S. The number of carboxylic acids is 1. The summed E-state index contributed by atoms with van der Waals surface area (Å²) in [7, 11) is 1.52. The number of Topliss-reactive ketones (excluding diaryl/α,β-unsaturated/α-hetero) is 1. The number of methoxy groups -OCH3 is 1. The smallest absolute Gasteiger partial charge is 0.306 e. The fourth-order valence-electron chi connectivity index (χ4n) is 2.08. The quantitative estimate of drug-likeness (QED) is 0.719. The zero-order chi connectivity index (χ0) is 17.0. The van der Waals surface area contributed by atoms with E-state index >= 15 is 0 Å². The Labute approximate surface area is 137 Å². The van der Waals surface area contributed by atoms with Crippen molar-refractivity contribution in [2.75, 3.05) is 20.3 Å². The monoisotopic (exact) mass is 338 g/mol. The van der Waals surface area contributed by atoms with Crippen LogP contribution >= 0.6 is 11.3 Å². The summed E-state index contributed by atoms with van der Waals surface area (Å²) in [4.78, 5) is 23.6. The molecule has 2 rings (SSSR count). The predicted molar refractivity (Wildman–Crippen MR) is 86.7 cm³/mol. The number of hydrogen-bond acceptors (Lipinski definition) is 6. The molecule has 0 saturated heterocycles. The minimum atomic E-state index is -0.985. The Balaban J connectivity index is 2.30. The molecule has 2 N–H and O–H groups in total. The molecule has 124 valence electrons. The standard InChI is InChI=1S/C16H18O6S/c1-9(16(19)20)5-11(18)15-7-10-6-13(22-4-3-17)12(21-2)8-14(10)23-15/h6-9,17H,3-5H2,1-2H3,(H,19,20)/t9-/m0/s1. The third-order valence-electron chi connectivity index (χ3n) is 3.34. The van der Waals surface area contributed by atoms with E-state index in [9.17, 15) is 9.59 Å². The molecule has 0 radical (unpaired) electrons. The number of aliphatic carboxylic acids is 1. The summed E-state index contributed by atoms with van der Waals surface area (Å²) in [6.07, 6.45) is -0.0346. The molecule has 0 saturated carbocycles. The van der Waals surface area contributed by atoms with E-state index in [1.54, 1.807) is 18.2 Å². The van der Waals surface area contributed by atoms with Gasteiger partial charge in [0.25, 0.3) is 0 Å². The van der Waals surface area contributed by atoms with Crippen molar-refractivity contribution in [1.82, 2.24) is 0 Å². The lowest BCUT2D eigenvalue weighted by atomic mass is 10.0. The SMILES string of the molecule is COc1cc2sc(C(=O)C[C@H](C)C(=O)O)cc2cc1OCCO. The Kier molecular flexibility index (Phi) is 5.57. The van der Waals surface area contributed by atoms with Gasteiger partial charge in [0.2, 0.25) is 0 Å². The first kappa shape index (κ1) is 17.2. The predicted octanol–water partition coefficient (Wildman–Crippen LogP) is 2.57. The molecule has 0 aliphatic heterocycles. The molecule has 0 aliphatic carbocycles. The van der Waals surface area contributed by atoms with E-state index in [4.69, 9.17) is 19.7 Å². The van der Waals surface area contributed by atoms with Crippen molar-refractivity contribution in [3.05, 3.63) is 23.1 Å². The molecule has 1 aromatic heterocycles. The number of aliphatic hydroxyl groups is 1. The summed E-state index contributed by atoms with van der Waals surface area (Å²) in [5.74, 6) is -0.889. The van der Waals surface area contributed by atoms with Crippen LogP contribution in [0.5, 0.6) is 11.5 Å². The fraction of sp³-hybridized carbons (Fsp3) is 0.375. The number of ether oxygens (including phenoxy) is 2. The maximum atomic E-state index is 12.2. The Morgan fingerprint density at radius 2 is 2.00 bits per heavy atom. The van der Waals surface area contributed by atoms with Gasteiger partial charge in [0.05, 0.1) is 24.5 Å². The number of benzene rings is 1. The molecule has 0 amide bonds. The van der Waals surface area contributed by atoms with E-state index in [0.29, 0.717) is 16.4 Å². The molecule has 2 aromatic rings. The highest BCUT2D eigenvalue weighted by Gasteiger charge is 2.19. The van der Waals surface area contributed by atoms with Gasteiger partial charge in [-0.15, -0.1) is 11.3 Å². The van der Waals surface area contributed by atoms with Gasteiger partial charge in [-0.05, 0) is 17.5 Å². The molecule has 1 heterocycles. The number of aliphatic hydroxyl groups excluding tert-OH is 1. The van der Waals surface area contributed by atoms with Gasteiger partial charge in [0.1, 0.15) is 6.61 Å². The normalized spacial score (nSPS) is 12.1. The van der Waals surface area contributed by atoms with Crippen molar-refractivity contribution in [3.8, 4) is 11.5 Å². The van der Waals surface area contributed by atoms with Gasteiger partial charge in [-0.25, -0.2) is 0 Å². The topological polar surface area (TPSA) is 93.1 Å². The molecular weight excluding hydrogens is 320 g/mol. The summed E-state index contributed by atoms with van der Waals surface area (Å²) in [6.45, 7) is 1.55. The van der Waals surface area contributed by atoms with E-state index in [1.165, 1.54) is 25.4 Å². The van der Waals surface area contributed by atoms with Crippen LogP contribution < -0.4 is 9.47 Å². The first-order valence-electron chi connectivity index (χ1n) is 7.07. The lowest BCUT2D eigenvalue weighted by molar-refractivity contribution is -0.141. The van der Waals surface area contributed by atoms with Crippen LogP contribution in [0.1, 0.15) is 23.0 Å². The van der Waals surface area contributed by atoms with Crippen molar-refractivity contribution < 1.29 is 29.3 Å². The van der Waals surface area contributed by atoms with Crippen LogP contribution in [-0.2, 0) is 4.79 Å². The number of fused-ring (bicyclic) bond motifs is 1. The summed E-state index contributed by atoms with van der Waals surface area (Å²) >= 11 is 1.29. The number of carboxylic acid groups (broad SMARTS) is 1. The van der Waals surface area contributed by atoms with Crippen LogP contribution in [0.2, 0.25) is 0 Å². The third kappa shape index (κ3) is 4.00. The Morgan fingerprint density at radius 3 is 2.61 bits per heavy atom. The van der Waals surface area contributed by atoms with Gasteiger partial charge in [-0.2, -0.15) is 0 Å². The van der Waals surface area contributed by atoms with Gasteiger partial charge in [-0.1, -0.05) is 6.92 Å². The van der Waals surface area contributed by atoms with Crippen molar-refractivity contribution in [2.24, 2.45) is 5.92 Å². The molecule has 6 nitrogen and oxygen atoms in total. The van der Waals surface area contributed by atoms with Crippen molar-refractivity contribution in [2.45, 2.75) is 13.3 Å². The maximum absolute atomic E-state index is 12.2. The van der Waals surface area contributed by atoms with Crippen LogP contribution in [0.15, 0.2) is 18.2 Å². The van der Waals surface area contributed by atoms with E-state index in [2.05, 4.69) is 0 Å². The summed E-state index contributed by atoms with van der Waals surface area (Å²) in [6, 6.07) is 5.24. The van der Waals surface area contributed by atoms with Crippen LogP contribution in [0.3, 0.4) is 0 Å². The minimum Gasteiger partial charge on any atom is -0.493 e. The van der Waals surface area contributed by atoms with E-state index < -0.39 is 11.9 Å². The lowest BCUT2D eigenvalue weighted by Crippen LogP contribution is -2.13.